The van der Waals surface area contributed by atoms with Crippen LogP contribution in [0.15, 0.2) is 35.3 Å². The monoisotopic (exact) mass is 428 g/mol. The van der Waals surface area contributed by atoms with Crippen LogP contribution in [0.25, 0.3) is 10.9 Å². The van der Waals surface area contributed by atoms with E-state index in [2.05, 4.69) is 65.6 Å². The molecule has 0 spiro atoms. The molecule has 5 heteroatoms. The van der Waals surface area contributed by atoms with Crippen molar-refractivity contribution in [1.29, 1.82) is 0 Å². The molecule has 0 saturated carbocycles. The van der Waals surface area contributed by atoms with Crippen LogP contribution in [-0.2, 0) is 6.54 Å². The topological polar surface area (TPSA) is 52.2 Å². The van der Waals surface area contributed by atoms with Gasteiger partial charge in [-0.25, -0.2) is 0 Å². The largest absolute Gasteiger partial charge is 0.357 e. The number of H-pyrrole nitrogens is 1. The predicted octanol–water partition coefficient (Wildman–Crippen LogP) is 4.28. The van der Waals surface area contributed by atoms with E-state index < -0.39 is 0 Å². The van der Waals surface area contributed by atoms with Crippen LogP contribution in [-0.4, -0.2) is 24.0 Å². The Hall–Kier alpha value is -1.24. The summed E-state index contributed by atoms with van der Waals surface area (Å²) in [6.45, 7) is 7.47. The number of nitrogens with zero attached hydrogens (tertiary/aromatic N) is 1. The zero-order chi connectivity index (χ0) is 15.9. The van der Waals surface area contributed by atoms with Crippen molar-refractivity contribution in [3.8, 4) is 0 Å². The van der Waals surface area contributed by atoms with Gasteiger partial charge in [0.25, 0.3) is 0 Å². The summed E-state index contributed by atoms with van der Waals surface area (Å²) in [5, 5.41) is 8.07. The number of rotatable bonds is 6. The second-order valence-electron chi connectivity index (χ2n) is 6.32. The van der Waals surface area contributed by atoms with E-state index in [4.69, 9.17) is 0 Å². The Morgan fingerprint density at radius 3 is 2.57 bits per heavy atom. The Morgan fingerprint density at radius 1 is 1.17 bits per heavy atom. The van der Waals surface area contributed by atoms with Gasteiger partial charge < -0.3 is 15.6 Å². The number of fused-ring (bicyclic) bond motifs is 1. The van der Waals surface area contributed by atoms with E-state index >= 15 is 0 Å². The minimum absolute atomic E-state index is 0. The summed E-state index contributed by atoms with van der Waals surface area (Å²) >= 11 is 0. The molecule has 23 heavy (non-hydrogen) atoms. The maximum Gasteiger partial charge on any atom is 0.191 e. The molecule has 2 rings (SSSR count). The molecule has 1 aromatic carbocycles. The molecule has 0 aliphatic heterocycles. The molecule has 1 unspecified atom stereocenters. The highest BCUT2D eigenvalue weighted by Crippen LogP contribution is 2.14. The molecular formula is C18H29IN4. The van der Waals surface area contributed by atoms with E-state index in [0.717, 1.165) is 24.8 Å². The van der Waals surface area contributed by atoms with E-state index in [0.29, 0.717) is 6.04 Å². The van der Waals surface area contributed by atoms with Gasteiger partial charge in [0.2, 0.25) is 0 Å². The number of para-hydroxylation sites is 1. The first-order chi connectivity index (χ1) is 10.6. The van der Waals surface area contributed by atoms with Crippen LogP contribution in [0.3, 0.4) is 0 Å². The fourth-order valence-electron chi connectivity index (χ4n) is 2.49. The lowest BCUT2D eigenvalue weighted by Gasteiger charge is -2.18. The first kappa shape index (κ1) is 19.8. The lowest BCUT2D eigenvalue weighted by Crippen LogP contribution is -2.42. The standard InChI is InChI=1S/C18H28N4.HI/c1-13(2)9-10-14(3)21-18(19-4)20-12-16-11-15-7-5-6-8-17(15)22-16;/h5-8,11,13-14,22H,9-10,12H2,1-4H3,(H2,19,20,21);1H. The highest BCUT2D eigenvalue weighted by atomic mass is 127. The van der Waals surface area contributed by atoms with E-state index in [9.17, 15) is 0 Å². The summed E-state index contributed by atoms with van der Waals surface area (Å²) < 4.78 is 0. The summed E-state index contributed by atoms with van der Waals surface area (Å²) in [6.07, 6.45) is 2.39. The average Bonchev–Trinajstić information content (AvgIpc) is 2.92. The zero-order valence-electron chi connectivity index (χ0n) is 14.5. The van der Waals surface area contributed by atoms with Gasteiger partial charge in [0.1, 0.15) is 0 Å². The maximum atomic E-state index is 4.30. The van der Waals surface area contributed by atoms with Crippen molar-refractivity contribution in [2.75, 3.05) is 7.05 Å². The van der Waals surface area contributed by atoms with Crippen molar-refractivity contribution in [2.24, 2.45) is 10.9 Å². The summed E-state index contributed by atoms with van der Waals surface area (Å²) in [6, 6.07) is 10.9. The number of hydrogen-bond acceptors (Lipinski definition) is 1. The van der Waals surface area contributed by atoms with Crippen LogP contribution in [0.2, 0.25) is 0 Å². The second-order valence-corrected chi connectivity index (χ2v) is 6.32. The van der Waals surface area contributed by atoms with Gasteiger partial charge in [0.15, 0.2) is 5.96 Å². The van der Waals surface area contributed by atoms with Crippen LogP contribution in [0.4, 0.5) is 0 Å². The van der Waals surface area contributed by atoms with Gasteiger partial charge in [0, 0.05) is 24.3 Å². The first-order valence-corrected chi connectivity index (χ1v) is 8.12. The molecule has 4 nitrogen and oxygen atoms in total. The van der Waals surface area contributed by atoms with E-state index in [1.807, 2.05) is 13.1 Å². The number of aromatic nitrogens is 1. The van der Waals surface area contributed by atoms with Crippen molar-refractivity contribution in [2.45, 2.75) is 46.2 Å². The summed E-state index contributed by atoms with van der Waals surface area (Å²) in [5.74, 6) is 1.60. The van der Waals surface area contributed by atoms with Gasteiger partial charge in [-0.2, -0.15) is 0 Å². The lowest BCUT2D eigenvalue weighted by molar-refractivity contribution is 0.489. The highest BCUT2D eigenvalue weighted by molar-refractivity contribution is 14.0. The third kappa shape index (κ3) is 6.41. The molecule has 0 aliphatic carbocycles. The number of hydrogen-bond donors (Lipinski definition) is 3. The number of guanidine groups is 1. The van der Waals surface area contributed by atoms with Gasteiger partial charge in [-0.15, -0.1) is 24.0 Å². The number of aliphatic imine (C=N–C) groups is 1. The molecule has 1 atom stereocenters. The van der Waals surface area contributed by atoms with Gasteiger partial charge in [-0.1, -0.05) is 32.0 Å². The molecule has 3 N–H and O–H groups in total. The molecule has 2 aromatic rings. The number of aromatic amines is 1. The van der Waals surface area contributed by atoms with Crippen LogP contribution >= 0.6 is 24.0 Å². The van der Waals surface area contributed by atoms with Crippen LogP contribution in [0.1, 0.15) is 39.3 Å². The fraction of sp³-hybridized carbons (Fsp3) is 0.500. The fourth-order valence-corrected chi connectivity index (χ4v) is 2.49. The van der Waals surface area contributed by atoms with Crippen molar-refractivity contribution >= 4 is 40.8 Å². The normalized spacial score (nSPS) is 13.0. The third-order valence-electron chi connectivity index (χ3n) is 3.82. The molecule has 0 radical (unpaired) electrons. The zero-order valence-corrected chi connectivity index (χ0v) is 16.8. The minimum Gasteiger partial charge on any atom is -0.357 e. The van der Waals surface area contributed by atoms with Crippen LogP contribution < -0.4 is 10.6 Å². The van der Waals surface area contributed by atoms with E-state index in [-0.39, 0.29) is 24.0 Å². The highest BCUT2D eigenvalue weighted by Gasteiger charge is 2.07. The summed E-state index contributed by atoms with van der Waals surface area (Å²) in [7, 11) is 1.82. The Kier molecular flexibility index (Phi) is 8.44. The van der Waals surface area contributed by atoms with Gasteiger partial charge in [-0.05, 0) is 43.2 Å². The third-order valence-corrected chi connectivity index (χ3v) is 3.82. The van der Waals surface area contributed by atoms with Gasteiger partial charge in [0.05, 0.1) is 6.54 Å². The van der Waals surface area contributed by atoms with Crippen LogP contribution in [0.5, 0.6) is 0 Å². The lowest BCUT2D eigenvalue weighted by atomic mass is 10.0. The Morgan fingerprint density at radius 2 is 1.91 bits per heavy atom. The van der Waals surface area contributed by atoms with Crippen molar-refractivity contribution in [3.05, 3.63) is 36.0 Å². The van der Waals surface area contributed by atoms with Crippen molar-refractivity contribution in [1.82, 2.24) is 15.6 Å². The van der Waals surface area contributed by atoms with Crippen LogP contribution in [0, 0.1) is 5.92 Å². The smallest absolute Gasteiger partial charge is 0.191 e. The molecule has 0 saturated heterocycles. The Balaban J connectivity index is 0.00000264. The molecule has 0 bridgehead atoms. The summed E-state index contributed by atoms with van der Waals surface area (Å²) in [4.78, 5) is 7.73. The molecule has 0 amide bonds. The average molecular weight is 428 g/mol. The predicted molar refractivity (Wildman–Crippen MR) is 111 cm³/mol. The second kappa shape index (κ2) is 9.80. The maximum absolute atomic E-state index is 4.30. The van der Waals surface area contributed by atoms with Gasteiger partial charge >= 0.3 is 0 Å². The van der Waals surface area contributed by atoms with Crippen molar-refractivity contribution in [3.63, 3.8) is 0 Å². The number of benzene rings is 1. The Labute approximate surface area is 156 Å². The molecule has 0 aliphatic rings. The SMILES string of the molecule is CN=C(NCc1cc2ccccc2[nH]1)NC(C)CCC(C)C.I. The molecule has 0 fully saturated rings. The molecule has 1 heterocycles. The van der Waals surface area contributed by atoms with E-state index in [1.165, 1.54) is 23.0 Å². The Bertz CT molecular complexity index is 585. The van der Waals surface area contributed by atoms with Gasteiger partial charge in [-0.3, -0.25) is 4.99 Å². The molecular weight excluding hydrogens is 399 g/mol. The molecule has 128 valence electrons. The number of halogens is 1. The van der Waals surface area contributed by atoms with Crippen molar-refractivity contribution < 1.29 is 0 Å². The quantitative estimate of drug-likeness (QED) is 0.366. The summed E-state index contributed by atoms with van der Waals surface area (Å²) in [5.41, 5.74) is 2.34. The first-order valence-electron chi connectivity index (χ1n) is 8.12. The minimum atomic E-state index is 0. The molecule has 1 aromatic heterocycles. The number of nitrogens with one attached hydrogen (secondary N) is 3. The van der Waals surface area contributed by atoms with E-state index in [1.54, 1.807) is 0 Å².